The summed E-state index contributed by atoms with van der Waals surface area (Å²) in [5, 5.41) is 16.3. The first kappa shape index (κ1) is 15.3. The minimum absolute atomic E-state index is 0.297. The van der Waals surface area contributed by atoms with E-state index in [1.165, 1.54) is 17.0 Å². The zero-order chi connectivity index (χ0) is 15.4. The van der Waals surface area contributed by atoms with Gasteiger partial charge in [0.05, 0.1) is 11.0 Å². The number of hydrogen-bond acceptors (Lipinski definition) is 5. The minimum Gasteiger partial charge on any atom is -0.387 e. The molecule has 0 spiro atoms. The maximum absolute atomic E-state index is 12.8. The second kappa shape index (κ2) is 7.11. The van der Waals surface area contributed by atoms with Crippen molar-refractivity contribution in [3.8, 4) is 9.88 Å². The van der Waals surface area contributed by atoms with Gasteiger partial charge < -0.3 is 10.4 Å². The fraction of sp³-hybridized carbons (Fsp3) is 0.188. The molecule has 2 N–H and O–H groups in total. The van der Waals surface area contributed by atoms with Gasteiger partial charge in [-0.15, -0.1) is 22.7 Å². The first-order valence-electron chi connectivity index (χ1n) is 6.85. The van der Waals surface area contributed by atoms with Crippen LogP contribution in [0, 0.1) is 5.82 Å². The van der Waals surface area contributed by atoms with Gasteiger partial charge in [0.1, 0.15) is 10.8 Å². The molecule has 22 heavy (non-hydrogen) atoms. The van der Waals surface area contributed by atoms with Crippen LogP contribution in [-0.4, -0.2) is 16.6 Å². The fourth-order valence-corrected chi connectivity index (χ4v) is 3.72. The van der Waals surface area contributed by atoms with Gasteiger partial charge in [-0.3, -0.25) is 0 Å². The fourth-order valence-electron chi connectivity index (χ4n) is 2.04. The van der Waals surface area contributed by atoms with E-state index in [4.69, 9.17) is 0 Å². The highest BCUT2D eigenvalue weighted by Crippen LogP contribution is 2.28. The quantitative estimate of drug-likeness (QED) is 0.720. The molecule has 0 radical (unpaired) electrons. The Labute approximate surface area is 136 Å². The molecular formula is C16H15FN2OS2. The van der Waals surface area contributed by atoms with E-state index in [0.717, 1.165) is 9.88 Å². The van der Waals surface area contributed by atoms with Crippen molar-refractivity contribution in [2.24, 2.45) is 0 Å². The molecule has 1 aromatic carbocycles. The van der Waals surface area contributed by atoms with Crippen molar-refractivity contribution in [2.45, 2.75) is 12.6 Å². The highest BCUT2D eigenvalue weighted by atomic mass is 32.1. The summed E-state index contributed by atoms with van der Waals surface area (Å²) in [6, 6.07) is 9.98. The number of aliphatic hydroxyl groups is 1. The van der Waals surface area contributed by atoms with Crippen LogP contribution in [0.15, 0.2) is 48.0 Å². The lowest BCUT2D eigenvalue weighted by atomic mass is 10.1. The second-order valence-electron chi connectivity index (χ2n) is 4.81. The van der Waals surface area contributed by atoms with E-state index < -0.39 is 6.10 Å². The van der Waals surface area contributed by atoms with E-state index >= 15 is 0 Å². The molecular weight excluding hydrogens is 319 g/mol. The van der Waals surface area contributed by atoms with Gasteiger partial charge in [-0.25, -0.2) is 9.37 Å². The molecule has 3 nitrogen and oxygen atoms in total. The number of thiazole rings is 1. The largest absolute Gasteiger partial charge is 0.387 e. The molecule has 3 aromatic rings. The number of nitrogens with zero attached hydrogens (tertiary/aromatic N) is 1. The van der Waals surface area contributed by atoms with Crippen LogP contribution in [0.3, 0.4) is 0 Å². The van der Waals surface area contributed by atoms with Crippen LogP contribution in [0.25, 0.3) is 9.88 Å². The minimum atomic E-state index is -0.648. The Hall–Kier alpha value is -1.60. The number of hydrogen-bond donors (Lipinski definition) is 2. The Morgan fingerprint density at radius 3 is 2.77 bits per heavy atom. The Morgan fingerprint density at radius 2 is 2.05 bits per heavy atom. The first-order chi connectivity index (χ1) is 10.7. The Kier molecular flexibility index (Phi) is 4.94. The van der Waals surface area contributed by atoms with E-state index in [-0.39, 0.29) is 5.82 Å². The van der Waals surface area contributed by atoms with Crippen LogP contribution in [-0.2, 0) is 6.54 Å². The Bertz CT molecular complexity index is 710. The van der Waals surface area contributed by atoms with Crippen molar-refractivity contribution in [2.75, 3.05) is 6.54 Å². The molecule has 0 fully saturated rings. The zero-order valence-corrected chi connectivity index (χ0v) is 13.3. The summed E-state index contributed by atoms with van der Waals surface area (Å²) in [6.07, 6.45) is 1.21. The highest BCUT2D eigenvalue weighted by molar-refractivity contribution is 7.20. The second-order valence-corrected chi connectivity index (χ2v) is 6.87. The zero-order valence-electron chi connectivity index (χ0n) is 11.7. The molecule has 1 atom stereocenters. The van der Waals surface area contributed by atoms with Gasteiger partial charge in [0.15, 0.2) is 0 Å². The van der Waals surface area contributed by atoms with E-state index in [1.807, 2.05) is 17.6 Å². The van der Waals surface area contributed by atoms with Crippen LogP contribution in [0.1, 0.15) is 16.5 Å². The van der Waals surface area contributed by atoms with E-state index in [0.29, 0.717) is 18.7 Å². The van der Waals surface area contributed by atoms with Gasteiger partial charge in [0.2, 0.25) is 0 Å². The SMILES string of the molecule is OC(CNCc1cnc(-c2cccs2)s1)c1ccc(F)cc1. The van der Waals surface area contributed by atoms with Gasteiger partial charge in [0.25, 0.3) is 0 Å². The Balaban J connectivity index is 1.52. The first-order valence-corrected chi connectivity index (χ1v) is 8.55. The predicted octanol–water partition coefficient (Wildman–Crippen LogP) is 3.83. The third-order valence-corrected chi connectivity index (χ3v) is 5.21. The smallest absolute Gasteiger partial charge is 0.133 e. The average molecular weight is 334 g/mol. The summed E-state index contributed by atoms with van der Waals surface area (Å²) >= 11 is 3.32. The molecule has 0 aliphatic rings. The lowest BCUT2D eigenvalue weighted by Crippen LogP contribution is -2.20. The molecule has 0 aliphatic heterocycles. The maximum atomic E-state index is 12.8. The predicted molar refractivity (Wildman–Crippen MR) is 88.5 cm³/mol. The van der Waals surface area contributed by atoms with Crippen molar-refractivity contribution in [1.29, 1.82) is 0 Å². The van der Waals surface area contributed by atoms with Gasteiger partial charge in [0, 0.05) is 24.2 Å². The van der Waals surface area contributed by atoms with Crippen molar-refractivity contribution >= 4 is 22.7 Å². The summed E-state index contributed by atoms with van der Waals surface area (Å²) in [7, 11) is 0. The van der Waals surface area contributed by atoms with E-state index in [9.17, 15) is 9.50 Å². The molecule has 1 unspecified atom stereocenters. The van der Waals surface area contributed by atoms with Crippen LogP contribution in [0.5, 0.6) is 0 Å². The third kappa shape index (κ3) is 3.78. The number of thiophene rings is 1. The monoisotopic (exact) mass is 334 g/mol. The lowest BCUT2D eigenvalue weighted by molar-refractivity contribution is 0.174. The molecule has 0 amide bonds. The molecule has 6 heteroatoms. The van der Waals surface area contributed by atoms with Gasteiger partial charge >= 0.3 is 0 Å². The molecule has 114 valence electrons. The van der Waals surface area contributed by atoms with Crippen molar-refractivity contribution in [1.82, 2.24) is 10.3 Å². The lowest BCUT2D eigenvalue weighted by Gasteiger charge is -2.11. The molecule has 0 aliphatic carbocycles. The van der Waals surface area contributed by atoms with Crippen molar-refractivity contribution in [3.63, 3.8) is 0 Å². The molecule has 0 bridgehead atoms. The maximum Gasteiger partial charge on any atom is 0.133 e. The van der Waals surface area contributed by atoms with Gasteiger partial charge in [-0.05, 0) is 29.1 Å². The molecule has 0 saturated carbocycles. The molecule has 2 heterocycles. The van der Waals surface area contributed by atoms with Crippen molar-refractivity contribution in [3.05, 3.63) is 64.2 Å². The standard InChI is InChI=1S/C16H15FN2OS2/c17-12-5-3-11(4-6-12)14(20)10-18-8-13-9-19-16(22-13)15-2-1-7-21-15/h1-7,9,14,18,20H,8,10H2. The number of benzene rings is 1. The van der Waals surface area contributed by atoms with E-state index in [2.05, 4.69) is 16.4 Å². The van der Waals surface area contributed by atoms with Crippen LogP contribution in [0.4, 0.5) is 4.39 Å². The third-order valence-electron chi connectivity index (χ3n) is 3.18. The normalized spacial score (nSPS) is 12.5. The molecule has 3 rings (SSSR count). The molecule has 0 saturated heterocycles. The van der Waals surface area contributed by atoms with Crippen LogP contribution in [0.2, 0.25) is 0 Å². The summed E-state index contributed by atoms with van der Waals surface area (Å²) < 4.78 is 12.8. The number of aliphatic hydroxyl groups excluding tert-OH is 1. The number of nitrogens with one attached hydrogen (secondary N) is 1. The number of aromatic nitrogens is 1. The van der Waals surface area contributed by atoms with E-state index in [1.54, 1.807) is 34.8 Å². The highest BCUT2D eigenvalue weighted by Gasteiger charge is 2.09. The van der Waals surface area contributed by atoms with Gasteiger partial charge in [-0.2, -0.15) is 0 Å². The van der Waals surface area contributed by atoms with Crippen molar-refractivity contribution < 1.29 is 9.50 Å². The Morgan fingerprint density at radius 1 is 1.23 bits per heavy atom. The molecule has 2 aromatic heterocycles. The van der Waals surface area contributed by atoms with Crippen LogP contribution < -0.4 is 5.32 Å². The van der Waals surface area contributed by atoms with Crippen LogP contribution >= 0.6 is 22.7 Å². The summed E-state index contributed by atoms with van der Waals surface area (Å²) in [5.74, 6) is -0.297. The summed E-state index contributed by atoms with van der Waals surface area (Å²) in [6.45, 7) is 1.07. The average Bonchev–Trinajstić information content (AvgIpc) is 3.19. The topological polar surface area (TPSA) is 45.1 Å². The summed E-state index contributed by atoms with van der Waals surface area (Å²) in [5.41, 5.74) is 0.706. The van der Waals surface area contributed by atoms with Gasteiger partial charge in [-0.1, -0.05) is 18.2 Å². The number of rotatable bonds is 6. The summed E-state index contributed by atoms with van der Waals surface area (Å²) in [4.78, 5) is 6.70. The number of halogens is 1.